The maximum atomic E-state index is 12.4. The topological polar surface area (TPSA) is 68.5 Å². The molecular weight excluding hydrogens is 298 g/mol. The zero-order chi connectivity index (χ0) is 15.5. The number of carbonyl (C=O) groups is 1. The summed E-state index contributed by atoms with van der Waals surface area (Å²) < 4.78 is 5.78. The highest BCUT2D eigenvalue weighted by Gasteiger charge is 2.26. The molecule has 1 aliphatic heterocycles. The molecule has 5 nitrogen and oxygen atoms in total. The van der Waals surface area contributed by atoms with E-state index in [1.807, 2.05) is 41.5 Å². The van der Waals surface area contributed by atoms with Crippen molar-refractivity contribution in [3.05, 3.63) is 45.9 Å². The molecule has 3 rings (SSSR count). The van der Waals surface area contributed by atoms with Crippen molar-refractivity contribution in [2.75, 3.05) is 25.4 Å². The monoisotopic (exact) mass is 317 g/mol. The summed E-state index contributed by atoms with van der Waals surface area (Å²) >= 11 is 1.61. The first-order valence-electron chi connectivity index (χ1n) is 7.27. The number of aryl methyl sites for hydroxylation is 1. The van der Waals surface area contributed by atoms with Crippen LogP contribution in [0.5, 0.6) is 0 Å². The Balaban J connectivity index is 1.69. The van der Waals surface area contributed by atoms with Gasteiger partial charge in [0.1, 0.15) is 6.10 Å². The second kappa shape index (κ2) is 6.46. The van der Waals surface area contributed by atoms with Crippen LogP contribution in [0.15, 0.2) is 29.6 Å². The molecule has 0 spiro atoms. The number of morpholine rings is 1. The lowest BCUT2D eigenvalue weighted by Gasteiger charge is -2.33. The number of nitrogens with zero attached hydrogens (tertiary/aromatic N) is 2. The molecule has 0 aliphatic carbocycles. The number of pyridine rings is 1. The van der Waals surface area contributed by atoms with Gasteiger partial charge in [-0.25, -0.2) is 0 Å². The fourth-order valence-corrected chi connectivity index (χ4v) is 3.31. The standard InChI is InChI=1S/C16H19N3O2S/c1-11-7-12(17)8-14(18-11)15-10-19(4-5-21-15)16(20)9-13-3-2-6-22-13/h2-3,6-8,15H,4-5,9-10H2,1H3,(H2,17,18). The minimum absolute atomic E-state index is 0.136. The lowest BCUT2D eigenvalue weighted by molar-refractivity contribution is -0.138. The Labute approximate surface area is 133 Å². The predicted octanol–water partition coefficient (Wildman–Crippen LogP) is 2.18. The van der Waals surface area contributed by atoms with E-state index in [0.29, 0.717) is 31.8 Å². The summed E-state index contributed by atoms with van der Waals surface area (Å²) in [7, 11) is 0. The van der Waals surface area contributed by atoms with Crippen LogP contribution in [-0.4, -0.2) is 35.5 Å². The van der Waals surface area contributed by atoms with E-state index in [-0.39, 0.29) is 12.0 Å². The Bertz CT molecular complexity index is 637. The number of hydrogen-bond donors (Lipinski definition) is 1. The molecule has 0 bridgehead atoms. The first-order valence-corrected chi connectivity index (χ1v) is 8.15. The van der Waals surface area contributed by atoms with E-state index in [0.717, 1.165) is 16.3 Å². The number of amides is 1. The minimum atomic E-state index is -0.205. The largest absolute Gasteiger partial charge is 0.399 e. The summed E-state index contributed by atoms with van der Waals surface area (Å²) in [5.74, 6) is 0.136. The van der Waals surface area contributed by atoms with Gasteiger partial charge in [0, 0.05) is 22.8 Å². The van der Waals surface area contributed by atoms with E-state index in [2.05, 4.69) is 4.98 Å². The smallest absolute Gasteiger partial charge is 0.228 e. The molecule has 1 aliphatic rings. The number of carbonyl (C=O) groups excluding carboxylic acids is 1. The molecule has 1 fully saturated rings. The molecule has 0 saturated carbocycles. The highest BCUT2D eigenvalue weighted by Crippen LogP contribution is 2.23. The van der Waals surface area contributed by atoms with Crippen molar-refractivity contribution in [2.45, 2.75) is 19.4 Å². The van der Waals surface area contributed by atoms with Crippen molar-refractivity contribution in [1.29, 1.82) is 0 Å². The minimum Gasteiger partial charge on any atom is -0.399 e. The second-order valence-electron chi connectivity index (χ2n) is 5.42. The SMILES string of the molecule is Cc1cc(N)cc(C2CN(C(=O)Cc3cccs3)CCO2)n1. The fraction of sp³-hybridized carbons (Fsp3) is 0.375. The quantitative estimate of drug-likeness (QED) is 0.942. The first kappa shape index (κ1) is 15.0. The van der Waals surface area contributed by atoms with Gasteiger partial charge in [-0.2, -0.15) is 0 Å². The number of nitrogens with two attached hydrogens (primary N) is 1. The summed E-state index contributed by atoms with van der Waals surface area (Å²) in [6.45, 7) is 3.58. The number of hydrogen-bond acceptors (Lipinski definition) is 5. The van der Waals surface area contributed by atoms with Gasteiger partial charge in [-0.05, 0) is 30.5 Å². The van der Waals surface area contributed by atoms with Crippen LogP contribution in [0.1, 0.15) is 22.4 Å². The van der Waals surface area contributed by atoms with Gasteiger partial charge in [0.2, 0.25) is 5.91 Å². The molecule has 1 amide bonds. The van der Waals surface area contributed by atoms with Crippen LogP contribution in [-0.2, 0) is 16.0 Å². The average molecular weight is 317 g/mol. The summed E-state index contributed by atoms with van der Waals surface area (Å²) in [6.07, 6.45) is 0.247. The van der Waals surface area contributed by atoms with Crippen LogP contribution in [0.25, 0.3) is 0 Å². The third-order valence-electron chi connectivity index (χ3n) is 3.65. The second-order valence-corrected chi connectivity index (χ2v) is 6.45. The average Bonchev–Trinajstić information content (AvgIpc) is 2.99. The van der Waals surface area contributed by atoms with Crippen molar-refractivity contribution in [2.24, 2.45) is 0 Å². The molecule has 2 aromatic heterocycles. The summed E-state index contributed by atoms with van der Waals surface area (Å²) in [4.78, 5) is 19.8. The lowest BCUT2D eigenvalue weighted by Crippen LogP contribution is -2.43. The Hall–Kier alpha value is -1.92. The molecule has 1 unspecified atom stereocenters. The van der Waals surface area contributed by atoms with Gasteiger partial charge in [-0.3, -0.25) is 9.78 Å². The Morgan fingerprint density at radius 1 is 1.55 bits per heavy atom. The third-order valence-corrected chi connectivity index (χ3v) is 4.53. The van der Waals surface area contributed by atoms with E-state index in [9.17, 15) is 4.79 Å². The number of thiophene rings is 1. The van der Waals surface area contributed by atoms with E-state index < -0.39 is 0 Å². The molecular formula is C16H19N3O2S. The number of anilines is 1. The van der Waals surface area contributed by atoms with Crippen molar-refractivity contribution < 1.29 is 9.53 Å². The predicted molar refractivity (Wildman–Crippen MR) is 86.7 cm³/mol. The Morgan fingerprint density at radius 3 is 3.14 bits per heavy atom. The van der Waals surface area contributed by atoms with Gasteiger partial charge in [0.05, 0.1) is 25.3 Å². The maximum absolute atomic E-state index is 12.4. The molecule has 0 aromatic carbocycles. The molecule has 1 atom stereocenters. The molecule has 0 radical (unpaired) electrons. The van der Waals surface area contributed by atoms with Gasteiger partial charge < -0.3 is 15.4 Å². The molecule has 6 heteroatoms. The summed E-state index contributed by atoms with van der Waals surface area (Å²) in [6, 6.07) is 7.61. The van der Waals surface area contributed by atoms with Crippen LogP contribution >= 0.6 is 11.3 Å². The molecule has 116 valence electrons. The maximum Gasteiger partial charge on any atom is 0.228 e. The van der Waals surface area contributed by atoms with Gasteiger partial charge in [0.15, 0.2) is 0 Å². The van der Waals surface area contributed by atoms with E-state index >= 15 is 0 Å². The molecule has 22 heavy (non-hydrogen) atoms. The van der Waals surface area contributed by atoms with Crippen molar-refractivity contribution in [3.8, 4) is 0 Å². The Kier molecular flexibility index (Phi) is 4.40. The number of rotatable bonds is 3. The fourth-order valence-electron chi connectivity index (χ4n) is 2.62. The number of ether oxygens (including phenoxy) is 1. The lowest BCUT2D eigenvalue weighted by atomic mass is 10.1. The Morgan fingerprint density at radius 2 is 2.41 bits per heavy atom. The van der Waals surface area contributed by atoms with Crippen LogP contribution in [0.3, 0.4) is 0 Å². The van der Waals surface area contributed by atoms with Crippen LogP contribution < -0.4 is 5.73 Å². The van der Waals surface area contributed by atoms with Crippen LogP contribution in [0.4, 0.5) is 5.69 Å². The molecule has 2 aromatic rings. The zero-order valence-corrected chi connectivity index (χ0v) is 13.3. The van der Waals surface area contributed by atoms with Crippen LogP contribution in [0, 0.1) is 6.92 Å². The van der Waals surface area contributed by atoms with Crippen molar-refractivity contribution in [3.63, 3.8) is 0 Å². The number of nitrogen functional groups attached to an aromatic ring is 1. The van der Waals surface area contributed by atoms with Gasteiger partial charge in [-0.15, -0.1) is 11.3 Å². The van der Waals surface area contributed by atoms with Crippen molar-refractivity contribution in [1.82, 2.24) is 9.88 Å². The van der Waals surface area contributed by atoms with E-state index in [1.165, 1.54) is 0 Å². The third kappa shape index (κ3) is 3.45. The highest BCUT2D eigenvalue weighted by molar-refractivity contribution is 7.10. The van der Waals surface area contributed by atoms with Crippen molar-refractivity contribution >= 4 is 22.9 Å². The normalized spacial score (nSPS) is 18.4. The van der Waals surface area contributed by atoms with Gasteiger partial charge >= 0.3 is 0 Å². The van der Waals surface area contributed by atoms with Crippen LogP contribution in [0.2, 0.25) is 0 Å². The van der Waals surface area contributed by atoms with Gasteiger partial charge in [0.25, 0.3) is 0 Å². The van der Waals surface area contributed by atoms with E-state index in [4.69, 9.17) is 10.5 Å². The summed E-state index contributed by atoms with van der Waals surface area (Å²) in [5, 5.41) is 1.99. The van der Waals surface area contributed by atoms with Gasteiger partial charge in [-0.1, -0.05) is 6.07 Å². The molecule has 2 N–H and O–H groups in total. The molecule has 1 saturated heterocycles. The zero-order valence-electron chi connectivity index (χ0n) is 12.5. The summed E-state index contributed by atoms with van der Waals surface area (Å²) in [5.41, 5.74) is 8.21. The molecule has 3 heterocycles. The van der Waals surface area contributed by atoms with E-state index in [1.54, 1.807) is 11.3 Å². The highest BCUT2D eigenvalue weighted by atomic mass is 32.1. The number of aromatic nitrogens is 1. The first-order chi connectivity index (χ1) is 10.6.